The molecule has 0 amide bonds. The van der Waals surface area contributed by atoms with Crippen LogP contribution in [0.25, 0.3) is 0 Å². The van der Waals surface area contributed by atoms with E-state index >= 15 is 0 Å². The summed E-state index contributed by atoms with van der Waals surface area (Å²) >= 11 is 13.9. The fourth-order valence-electron chi connectivity index (χ4n) is 2.70. The summed E-state index contributed by atoms with van der Waals surface area (Å²) in [5.41, 5.74) is 1.45. The van der Waals surface area contributed by atoms with Crippen molar-refractivity contribution in [1.82, 2.24) is 0 Å². The van der Waals surface area contributed by atoms with Crippen LogP contribution in [0.5, 0.6) is 0 Å². The molecule has 2 rings (SSSR count). The van der Waals surface area contributed by atoms with E-state index in [2.05, 4.69) is 50.9 Å². The SMILES string of the molecule is CC1(C(Cl)c2cc(Br)ccc2Br)CCCCC1. The normalized spacial score (nSPS) is 21.2. The molecule has 1 atom stereocenters. The van der Waals surface area contributed by atoms with E-state index in [0.717, 1.165) is 8.95 Å². The van der Waals surface area contributed by atoms with Crippen LogP contribution in [0.3, 0.4) is 0 Å². The van der Waals surface area contributed by atoms with Crippen molar-refractivity contribution in [2.45, 2.75) is 44.4 Å². The Bertz CT molecular complexity index is 397. The van der Waals surface area contributed by atoms with Gasteiger partial charge in [0.25, 0.3) is 0 Å². The maximum atomic E-state index is 6.75. The average molecular weight is 381 g/mol. The zero-order valence-corrected chi connectivity index (χ0v) is 13.9. The first-order chi connectivity index (χ1) is 8.03. The van der Waals surface area contributed by atoms with Gasteiger partial charge in [0.1, 0.15) is 0 Å². The van der Waals surface area contributed by atoms with Crippen LogP contribution >= 0.6 is 43.5 Å². The van der Waals surface area contributed by atoms with Gasteiger partial charge in [-0.05, 0) is 42.0 Å². The van der Waals surface area contributed by atoms with Crippen LogP contribution < -0.4 is 0 Å². The fourth-order valence-corrected chi connectivity index (χ4v) is 4.08. The summed E-state index contributed by atoms with van der Waals surface area (Å²) in [5, 5.41) is 0.0923. The van der Waals surface area contributed by atoms with Gasteiger partial charge in [-0.15, -0.1) is 11.6 Å². The van der Waals surface area contributed by atoms with Gasteiger partial charge in [-0.1, -0.05) is 58.0 Å². The highest BCUT2D eigenvalue weighted by Gasteiger charge is 2.36. The topological polar surface area (TPSA) is 0 Å². The summed E-state index contributed by atoms with van der Waals surface area (Å²) in [5.74, 6) is 0. The van der Waals surface area contributed by atoms with E-state index in [0.29, 0.717) is 0 Å². The number of rotatable bonds is 2. The van der Waals surface area contributed by atoms with Crippen LogP contribution in [0.4, 0.5) is 0 Å². The van der Waals surface area contributed by atoms with Gasteiger partial charge in [-0.3, -0.25) is 0 Å². The maximum absolute atomic E-state index is 6.75. The third-order valence-corrected chi connectivity index (χ3v) is 5.82. The summed E-state index contributed by atoms with van der Waals surface area (Å²) < 4.78 is 2.22. The Kier molecular flexibility index (Phi) is 4.60. The van der Waals surface area contributed by atoms with Gasteiger partial charge in [0, 0.05) is 8.95 Å². The Morgan fingerprint density at radius 1 is 1.18 bits per heavy atom. The first-order valence-corrected chi connectivity index (χ1v) is 8.14. The highest BCUT2D eigenvalue weighted by atomic mass is 79.9. The van der Waals surface area contributed by atoms with E-state index < -0.39 is 0 Å². The maximum Gasteiger partial charge on any atom is 0.0650 e. The summed E-state index contributed by atoms with van der Waals surface area (Å²) in [4.78, 5) is 0. The van der Waals surface area contributed by atoms with E-state index in [-0.39, 0.29) is 10.8 Å². The van der Waals surface area contributed by atoms with Crippen molar-refractivity contribution in [3.63, 3.8) is 0 Å². The van der Waals surface area contributed by atoms with Gasteiger partial charge in [0.05, 0.1) is 5.38 Å². The van der Waals surface area contributed by atoms with Crippen LogP contribution in [0, 0.1) is 5.41 Å². The second kappa shape index (κ2) is 5.63. The minimum Gasteiger partial charge on any atom is -0.117 e. The number of hydrogen-bond donors (Lipinski definition) is 0. The standard InChI is InChI=1S/C14H17Br2Cl/c1-14(7-3-2-4-8-14)13(17)11-9-10(15)5-6-12(11)16/h5-6,9,13H,2-4,7-8H2,1H3. The van der Waals surface area contributed by atoms with E-state index in [4.69, 9.17) is 11.6 Å². The molecule has 0 saturated heterocycles. The molecular weight excluding hydrogens is 363 g/mol. The number of hydrogen-bond acceptors (Lipinski definition) is 0. The van der Waals surface area contributed by atoms with Crippen molar-refractivity contribution in [3.8, 4) is 0 Å². The molecule has 0 heterocycles. The predicted octanol–water partition coefficient (Wildman–Crippen LogP) is 6.46. The first kappa shape index (κ1) is 13.9. The Labute approximate surface area is 125 Å². The van der Waals surface area contributed by atoms with Crippen molar-refractivity contribution in [1.29, 1.82) is 0 Å². The average Bonchev–Trinajstić information content (AvgIpc) is 2.32. The second-order valence-electron chi connectivity index (χ2n) is 5.24. The molecule has 0 bridgehead atoms. The lowest BCUT2D eigenvalue weighted by Gasteiger charge is -2.38. The lowest BCUT2D eigenvalue weighted by Crippen LogP contribution is -2.25. The second-order valence-corrected chi connectivity index (χ2v) is 7.45. The van der Waals surface area contributed by atoms with Crippen LogP contribution in [0.2, 0.25) is 0 Å². The van der Waals surface area contributed by atoms with Gasteiger partial charge in [-0.25, -0.2) is 0 Å². The largest absolute Gasteiger partial charge is 0.117 e. The van der Waals surface area contributed by atoms with Gasteiger partial charge in [0.15, 0.2) is 0 Å². The molecule has 1 unspecified atom stereocenters. The van der Waals surface area contributed by atoms with Gasteiger partial charge >= 0.3 is 0 Å². The molecule has 0 spiro atoms. The Morgan fingerprint density at radius 3 is 2.47 bits per heavy atom. The quantitative estimate of drug-likeness (QED) is 0.516. The molecule has 0 aliphatic heterocycles. The van der Waals surface area contributed by atoms with E-state index in [9.17, 15) is 0 Å². The molecule has 1 saturated carbocycles. The summed E-state index contributed by atoms with van der Waals surface area (Å²) in [7, 11) is 0. The molecule has 0 N–H and O–H groups in total. The molecule has 0 nitrogen and oxygen atoms in total. The number of alkyl halides is 1. The van der Waals surface area contributed by atoms with Crippen LogP contribution in [-0.2, 0) is 0 Å². The monoisotopic (exact) mass is 378 g/mol. The molecule has 1 aliphatic rings. The molecule has 94 valence electrons. The molecule has 0 radical (unpaired) electrons. The van der Waals surface area contributed by atoms with Crippen LogP contribution in [0.15, 0.2) is 27.1 Å². The zero-order chi connectivity index (χ0) is 12.5. The third-order valence-electron chi connectivity index (χ3n) is 3.84. The van der Waals surface area contributed by atoms with Crippen molar-refractivity contribution in [3.05, 3.63) is 32.7 Å². The van der Waals surface area contributed by atoms with Crippen LogP contribution in [0.1, 0.15) is 50.0 Å². The van der Waals surface area contributed by atoms with Gasteiger partial charge in [-0.2, -0.15) is 0 Å². The summed E-state index contributed by atoms with van der Waals surface area (Å²) in [6.45, 7) is 2.33. The Balaban J connectivity index is 2.29. The Morgan fingerprint density at radius 2 is 1.82 bits per heavy atom. The predicted molar refractivity (Wildman–Crippen MR) is 81.6 cm³/mol. The first-order valence-electron chi connectivity index (χ1n) is 6.12. The van der Waals surface area contributed by atoms with E-state index in [1.54, 1.807) is 0 Å². The lowest BCUT2D eigenvalue weighted by molar-refractivity contribution is 0.206. The Hall–Kier alpha value is 0.470. The molecule has 1 aromatic rings. The van der Waals surface area contributed by atoms with Crippen molar-refractivity contribution in [2.24, 2.45) is 5.41 Å². The van der Waals surface area contributed by atoms with Crippen LogP contribution in [-0.4, -0.2) is 0 Å². The minimum absolute atomic E-state index is 0.0923. The minimum atomic E-state index is 0.0923. The van der Waals surface area contributed by atoms with Gasteiger partial charge in [0.2, 0.25) is 0 Å². The lowest BCUT2D eigenvalue weighted by atomic mass is 9.71. The zero-order valence-electron chi connectivity index (χ0n) is 9.98. The molecule has 17 heavy (non-hydrogen) atoms. The molecular formula is C14H17Br2Cl. The van der Waals surface area contributed by atoms with Gasteiger partial charge < -0.3 is 0 Å². The molecule has 1 aromatic carbocycles. The van der Waals surface area contributed by atoms with Crippen molar-refractivity contribution < 1.29 is 0 Å². The molecule has 0 aromatic heterocycles. The summed E-state index contributed by atoms with van der Waals surface area (Å²) in [6.07, 6.45) is 6.45. The number of benzene rings is 1. The summed E-state index contributed by atoms with van der Waals surface area (Å²) in [6, 6.07) is 6.25. The molecule has 1 fully saturated rings. The highest BCUT2D eigenvalue weighted by molar-refractivity contribution is 9.11. The third kappa shape index (κ3) is 3.08. The number of halogens is 3. The van der Waals surface area contributed by atoms with E-state index in [1.807, 2.05) is 6.07 Å². The molecule has 1 aliphatic carbocycles. The fraction of sp³-hybridized carbons (Fsp3) is 0.571. The van der Waals surface area contributed by atoms with Crippen molar-refractivity contribution in [2.75, 3.05) is 0 Å². The van der Waals surface area contributed by atoms with Crippen molar-refractivity contribution >= 4 is 43.5 Å². The smallest absolute Gasteiger partial charge is 0.0650 e. The van der Waals surface area contributed by atoms with E-state index in [1.165, 1.54) is 37.7 Å². The molecule has 3 heteroatoms. The highest BCUT2D eigenvalue weighted by Crippen LogP contribution is 2.50.